The van der Waals surface area contributed by atoms with Gasteiger partial charge in [-0.25, -0.2) is 0 Å². The number of carbonyl (C=O) groups excluding carboxylic acids is 2. The first-order valence-electron chi connectivity index (χ1n) is 3.48. The smallest absolute Gasteiger partial charge is 0.222 e. The Kier molecular flexibility index (Phi) is 4.26. The number of carbonyl (C=O) groups is 2. The largest absolute Gasteiger partial charge is 0.359 e. The van der Waals surface area contributed by atoms with Crippen molar-refractivity contribution in [3.63, 3.8) is 0 Å². The van der Waals surface area contributed by atoms with Gasteiger partial charge >= 0.3 is 0 Å². The highest BCUT2D eigenvalue weighted by Crippen LogP contribution is 1.92. The number of nitrogens with one attached hydrogen (secondary N) is 1. The van der Waals surface area contributed by atoms with E-state index in [4.69, 9.17) is 0 Å². The third-order valence-corrected chi connectivity index (χ3v) is 1.34. The fourth-order valence-electron chi connectivity index (χ4n) is 0.569. The van der Waals surface area contributed by atoms with Crippen molar-refractivity contribution in [2.75, 3.05) is 21.1 Å². The van der Waals surface area contributed by atoms with Crippen LogP contribution in [0.25, 0.3) is 0 Å². The Labute approximate surface area is 66.6 Å². The molecule has 0 bridgehead atoms. The van der Waals surface area contributed by atoms with Gasteiger partial charge < -0.3 is 10.2 Å². The van der Waals surface area contributed by atoms with Gasteiger partial charge in [0.15, 0.2) is 0 Å². The lowest BCUT2D eigenvalue weighted by molar-refractivity contribution is -0.131. The van der Waals surface area contributed by atoms with Crippen LogP contribution in [0.4, 0.5) is 0 Å². The van der Waals surface area contributed by atoms with Crippen LogP contribution < -0.4 is 5.32 Å². The first-order valence-corrected chi connectivity index (χ1v) is 3.48. The lowest BCUT2D eigenvalue weighted by atomic mass is 10.3. The van der Waals surface area contributed by atoms with E-state index in [9.17, 15) is 9.59 Å². The molecule has 0 atom stereocenters. The van der Waals surface area contributed by atoms with E-state index in [1.165, 1.54) is 4.90 Å². The quantitative estimate of drug-likeness (QED) is 0.607. The molecule has 4 nitrogen and oxygen atoms in total. The summed E-state index contributed by atoms with van der Waals surface area (Å²) in [4.78, 5) is 23.0. The van der Waals surface area contributed by atoms with Crippen LogP contribution in [0, 0.1) is 0 Å². The maximum Gasteiger partial charge on any atom is 0.222 e. The minimum Gasteiger partial charge on any atom is -0.359 e. The number of hydrogen-bond acceptors (Lipinski definition) is 2. The van der Waals surface area contributed by atoms with Crippen molar-refractivity contribution in [1.29, 1.82) is 0 Å². The highest BCUT2D eigenvalue weighted by molar-refractivity contribution is 5.83. The number of hydrogen-bond donors (Lipinski definition) is 1. The number of rotatable bonds is 3. The van der Waals surface area contributed by atoms with Gasteiger partial charge in [-0.15, -0.1) is 0 Å². The third-order valence-electron chi connectivity index (χ3n) is 1.34. The molecule has 0 aromatic heterocycles. The van der Waals surface area contributed by atoms with Gasteiger partial charge in [-0.05, 0) is 0 Å². The van der Waals surface area contributed by atoms with Crippen molar-refractivity contribution in [1.82, 2.24) is 10.2 Å². The van der Waals surface area contributed by atoms with Crippen LogP contribution in [-0.2, 0) is 9.59 Å². The summed E-state index contributed by atoms with van der Waals surface area (Å²) in [5, 5.41) is 2.45. The van der Waals surface area contributed by atoms with Crippen LogP contribution in [0.15, 0.2) is 0 Å². The van der Waals surface area contributed by atoms with E-state index in [2.05, 4.69) is 5.32 Å². The van der Waals surface area contributed by atoms with Crippen molar-refractivity contribution in [3.05, 3.63) is 0 Å². The van der Waals surface area contributed by atoms with Crippen molar-refractivity contribution in [3.8, 4) is 0 Å². The first kappa shape index (κ1) is 9.94. The van der Waals surface area contributed by atoms with E-state index < -0.39 is 0 Å². The minimum absolute atomic E-state index is 0.0198. The van der Waals surface area contributed by atoms with Gasteiger partial charge in [-0.2, -0.15) is 0 Å². The summed E-state index contributed by atoms with van der Waals surface area (Å²) in [7, 11) is 4.90. The molecule has 0 rings (SSSR count). The summed E-state index contributed by atoms with van der Waals surface area (Å²) in [6.45, 7) is 0. The summed E-state index contributed by atoms with van der Waals surface area (Å²) in [6.07, 6.45) is 0.556. The predicted octanol–water partition coefficient (Wildman–Crippen LogP) is -0.399. The van der Waals surface area contributed by atoms with Crippen LogP contribution in [0.5, 0.6) is 0 Å². The highest BCUT2D eigenvalue weighted by atomic mass is 16.2. The molecule has 0 heterocycles. The van der Waals surface area contributed by atoms with E-state index >= 15 is 0 Å². The summed E-state index contributed by atoms with van der Waals surface area (Å²) in [5.41, 5.74) is 0. The molecule has 0 saturated heterocycles. The zero-order valence-corrected chi connectivity index (χ0v) is 7.18. The molecule has 64 valence electrons. The molecule has 0 radical (unpaired) electrons. The van der Waals surface area contributed by atoms with Gasteiger partial charge in [-0.1, -0.05) is 0 Å². The molecule has 0 fully saturated rings. The molecule has 0 aliphatic heterocycles. The Hall–Kier alpha value is -1.06. The van der Waals surface area contributed by atoms with Crippen molar-refractivity contribution in [2.45, 2.75) is 12.8 Å². The normalized spacial score (nSPS) is 9.00. The van der Waals surface area contributed by atoms with E-state index in [1.807, 2.05) is 0 Å². The average molecular weight is 158 g/mol. The second-order valence-electron chi connectivity index (χ2n) is 2.46. The maximum absolute atomic E-state index is 10.9. The highest BCUT2D eigenvalue weighted by Gasteiger charge is 2.05. The van der Waals surface area contributed by atoms with Gasteiger partial charge in [0.1, 0.15) is 0 Å². The number of nitrogens with zero attached hydrogens (tertiary/aromatic N) is 1. The molecule has 1 N–H and O–H groups in total. The number of amides is 2. The predicted molar refractivity (Wildman–Crippen MR) is 42.0 cm³/mol. The SMILES string of the molecule is CNC(=O)CCC(=O)N(C)C. The van der Waals surface area contributed by atoms with Crippen LogP contribution in [0.3, 0.4) is 0 Å². The van der Waals surface area contributed by atoms with Crippen molar-refractivity contribution >= 4 is 11.8 Å². The Morgan fingerprint density at radius 1 is 1.27 bits per heavy atom. The fourth-order valence-corrected chi connectivity index (χ4v) is 0.569. The maximum atomic E-state index is 10.9. The zero-order valence-electron chi connectivity index (χ0n) is 7.18. The van der Waals surface area contributed by atoms with Gasteiger partial charge in [-0.3, -0.25) is 9.59 Å². The first-order chi connectivity index (χ1) is 5.07. The van der Waals surface area contributed by atoms with Gasteiger partial charge in [0, 0.05) is 34.0 Å². The summed E-state index contributed by atoms with van der Waals surface area (Å²) >= 11 is 0. The monoisotopic (exact) mass is 158 g/mol. The summed E-state index contributed by atoms with van der Waals surface area (Å²) in [6, 6.07) is 0. The van der Waals surface area contributed by atoms with Crippen LogP contribution in [0.2, 0.25) is 0 Å². The molecular weight excluding hydrogens is 144 g/mol. The molecule has 0 aliphatic rings. The van der Waals surface area contributed by atoms with E-state index in [0.717, 1.165) is 0 Å². The fraction of sp³-hybridized carbons (Fsp3) is 0.714. The topological polar surface area (TPSA) is 49.4 Å². The summed E-state index contributed by atoms with van der Waals surface area (Å²) < 4.78 is 0. The zero-order chi connectivity index (χ0) is 8.85. The second kappa shape index (κ2) is 4.71. The Balaban J connectivity index is 3.54. The van der Waals surface area contributed by atoms with Gasteiger partial charge in [0.25, 0.3) is 0 Å². The second-order valence-corrected chi connectivity index (χ2v) is 2.46. The molecule has 0 saturated carbocycles. The Morgan fingerprint density at radius 3 is 2.18 bits per heavy atom. The molecule has 0 aliphatic carbocycles. The third kappa shape index (κ3) is 4.36. The molecule has 2 amide bonds. The standard InChI is InChI=1S/C7H14N2O2/c1-8-6(10)4-5-7(11)9(2)3/h4-5H2,1-3H3,(H,8,10). The average Bonchev–Trinajstić information content (AvgIpc) is 1.99. The van der Waals surface area contributed by atoms with Gasteiger partial charge in [0.05, 0.1) is 0 Å². The molecule has 0 spiro atoms. The van der Waals surface area contributed by atoms with E-state index in [-0.39, 0.29) is 24.7 Å². The Bertz CT molecular complexity index is 155. The molecule has 0 aromatic rings. The van der Waals surface area contributed by atoms with Crippen molar-refractivity contribution in [2.24, 2.45) is 0 Å². The van der Waals surface area contributed by atoms with Crippen LogP contribution in [0.1, 0.15) is 12.8 Å². The lowest BCUT2D eigenvalue weighted by Gasteiger charge is -2.08. The summed E-state index contributed by atoms with van der Waals surface area (Å²) in [5.74, 6) is -0.117. The molecule has 0 aromatic carbocycles. The minimum atomic E-state index is -0.0970. The molecular formula is C7H14N2O2. The molecule has 0 unspecified atom stereocenters. The molecule has 11 heavy (non-hydrogen) atoms. The van der Waals surface area contributed by atoms with Crippen molar-refractivity contribution < 1.29 is 9.59 Å². The lowest BCUT2D eigenvalue weighted by Crippen LogP contribution is -2.25. The van der Waals surface area contributed by atoms with E-state index in [0.29, 0.717) is 0 Å². The molecule has 4 heteroatoms. The van der Waals surface area contributed by atoms with E-state index in [1.54, 1.807) is 21.1 Å². The van der Waals surface area contributed by atoms with Crippen LogP contribution in [-0.4, -0.2) is 37.9 Å². The van der Waals surface area contributed by atoms with Crippen LogP contribution >= 0.6 is 0 Å². The Morgan fingerprint density at radius 2 is 1.82 bits per heavy atom. The van der Waals surface area contributed by atoms with Gasteiger partial charge in [0.2, 0.25) is 11.8 Å².